The van der Waals surface area contributed by atoms with Crippen LogP contribution >= 0.6 is 0 Å². The summed E-state index contributed by atoms with van der Waals surface area (Å²) < 4.78 is 52.9. The fourth-order valence-corrected chi connectivity index (χ4v) is 2.97. The Morgan fingerprint density at radius 2 is 1.92 bits per heavy atom. The van der Waals surface area contributed by atoms with Gasteiger partial charge in [0.2, 0.25) is 0 Å². The fourth-order valence-electron chi connectivity index (χ4n) is 2.97. The summed E-state index contributed by atoms with van der Waals surface area (Å²) in [6.45, 7) is 3.20. The molecule has 0 atom stereocenters. The van der Waals surface area contributed by atoms with Gasteiger partial charge in [-0.05, 0) is 24.3 Å². The molecule has 1 fully saturated rings. The van der Waals surface area contributed by atoms with Crippen LogP contribution in [-0.4, -0.2) is 28.7 Å². The normalized spacial score (nSPS) is 15.9. The molecule has 0 radical (unpaired) electrons. The first-order valence-electron chi connectivity index (χ1n) is 7.41. The topological polar surface area (TPSA) is 20.5 Å². The molecule has 124 valence electrons. The van der Waals surface area contributed by atoms with Gasteiger partial charge in [-0.15, -0.1) is 0 Å². The van der Waals surface area contributed by atoms with E-state index in [1.807, 2.05) is 4.40 Å². The smallest absolute Gasteiger partial charge is 0.370 e. The summed E-state index contributed by atoms with van der Waals surface area (Å²) in [7, 11) is 0. The van der Waals surface area contributed by atoms with E-state index in [9.17, 15) is 17.6 Å². The molecule has 4 rings (SSSR count). The zero-order valence-electron chi connectivity index (χ0n) is 12.5. The monoisotopic (exact) mass is 335 g/mol. The second kappa shape index (κ2) is 4.96. The highest BCUT2D eigenvalue weighted by Crippen LogP contribution is 2.36. The molecule has 3 nitrogen and oxygen atoms in total. The van der Waals surface area contributed by atoms with Crippen LogP contribution < -0.4 is 4.90 Å². The van der Waals surface area contributed by atoms with Crippen molar-refractivity contribution in [3.8, 4) is 0 Å². The van der Waals surface area contributed by atoms with Crippen LogP contribution in [0, 0.1) is 5.92 Å². The Bertz CT molecular complexity index is 952. The van der Waals surface area contributed by atoms with Crippen LogP contribution in [-0.2, 0) is 0 Å². The van der Waals surface area contributed by atoms with E-state index in [4.69, 9.17) is 0 Å². The molecule has 0 spiro atoms. The molecule has 0 saturated carbocycles. The predicted molar refractivity (Wildman–Crippen MR) is 84.6 cm³/mol. The number of imidazole rings is 1. The molecule has 24 heavy (non-hydrogen) atoms. The lowest BCUT2D eigenvalue weighted by Crippen LogP contribution is -2.53. The molecule has 0 N–H and O–H groups in total. The third kappa shape index (κ3) is 2.31. The molecule has 2 aromatic heterocycles. The molecule has 0 aliphatic carbocycles. The molecule has 0 unspecified atom stereocenters. The number of nitrogens with zero attached hydrogens (tertiary/aromatic N) is 3. The van der Waals surface area contributed by atoms with Crippen molar-refractivity contribution in [3.05, 3.63) is 48.7 Å². The molecular weight excluding hydrogens is 322 g/mol. The molecule has 3 aromatic rings. The zero-order valence-corrected chi connectivity index (χ0v) is 12.5. The van der Waals surface area contributed by atoms with Gasteiger partial charge < -0.3 is 4.90 Å². The Hall–Kier alpha value is -2.57. The van der Waals surface area contributed by atoms with Gasteiger partial charge in [-0.2, -0.15) is 13.2 Å². The van der Waals surface area contributed by atoms with Gasteiger partial charge in [-0.25, -0.2) is 9.37 Å². The molecule has 3 heterocycles. The van der Waals surface area contributed by atoms with Crippen molar-refractivity contribution in [1.82, 2.24) is 9.38 Å². The van der Waals surface area contributed by atoms with Crippen LogP contribution in [0.3, 0.4) is 0 Å². The molecule has 7 heteroatoms. The summed E-state index contributed by atoms with van der Waals surface area (Å²) in [5.41, 5.74) is 3.09. The highest BCUT2D eigenvalue weighted by molar-refractivity contribution is 5.84. The summed E-state index contributed by atoms with van der Waals surface area (Å²) in [6, 6.07) is 8.49. The van der Waals surface area contributed by atoms with Crippen molar-refractivity contribution in [1.29, 1.82) is 0 Å². The van der Waals surface area contributed by atoms with E-state index < -0.39 is 17.9 Å². The highest BCUT2D eigenvalue weighted by atomic mass is 19.4. The maximum absolute atomic E-state index is 13.2. The average molecular weight is 335 g/mol. The fraction of sp³-hybridized carbons (Fsp3) is 0.235. The summed E-state index contributed by atoms with van der Waals surface area (Å²) >= 11 is 0. The quantitative estimate of drug-likeness (QED) is 0.646. The number of aromatic nitrogens is 2. The Morgan fingerprint density at radius 1 is 1.17 bits per heavy atom. The first kappa shape index (κ1) is 15.0. The number of hydrogen-bond donors (Lipinski definition) is 0. The SMILES string of the molecule is C=C(F)c1ccc2c(c1)nc1cc(N3CC(C(F)(F)F)C3)ccn12. The number of rotatable bonds is 2. The number of alkyl halides is 3. The van der Waals surface area contributed by atoms with E-state index in [0.29, 0.717) is 22.4 Å². The Morgan fingerprint density at radius 3 is 2.58 bits per heavy atom. The number of pyridine rings is 1. The van der Waals surface area contributed by atoms with Crippen molar-refractivity contribution in [2.24, 2.45) is 5.92 Å². The van der Waals surface area contributed by atoms with E-state index >= 15 is 0 Å². The van der Waals surface area contributed by atoms with E-state index in [1.54, 1.807) is 41.4 Å². The van der Waals surface area contributed by atoms with Gasteiger partial charge >= 0.3 is 6.18 Å². The first-order valence-corrected chi connectivity index (χ1v) is 7.41. The van der Waals surface area contributed by atoms with Crippen LogP contribution in [0.15, 0.2) is 43.1 Å². The minimum atomic E-state index is -4.15. The molecular formula is C17H13F4N3. The van der Waals surface area contributed by atoms with Crippen molar-refractivity contribution in [3.63, 3.8) is 0 Å². The third-order valence-electron chi connectivity index (χ3n) is 4.41. The van der Waals surface area contributed by atoms with E-state index in [0.717, 1.165) is 5.52 Å². The second-order valence-corrected chi connectivity index (χ2v) is 5.98. The van der Waals surface area contributed by atoms with Gasteiger partial charge in [0.1, 0.15) is 11.5 Å². The van der Waals surface area contributed by atoms with E-state index in [1.165, 1.54) is 0 Å². The Kier molecular flexibility index (Phi) is 3.10. The number of anilines is 1. The number of hydrogen-bond acceptors (Lipinski definition) is 2. The highest BCUT2D eigenvalue weighted by Gasteiger charge is 2.47. The Balaban J connectivity index is 1.69. The largest absolute Gasteiger partial charge is 0.395 e. The molecule has 0 bridgehead atoms. The first-order chi connectivity index (χ1) is 11.3. The summed E-state index contributed by atoms with van der Waals surface area (Å²) in [4.78, 5) is 6.11. The third-order valence-corrected chi connectivity index (χ3v) is 4.41. The van der Waals surface area contributed by atoms with Gasteiger partial charge in [-0.1, -0.05) is 6.58 Å². The van der Waals surface area contributed by atoms with Gasteiger partial charge in [0.25, 0.3) is 0 Å². The molecule has 1 aliphatic rings. The lowest BCUT2D eigenvalue weighted by atomic mass is 9.99. The van der Waals surface area contributed by atoms with Gasteiger partial charge in [0.05, 0.1) is 17.0 Å². The lowest BCUT2D eigenvalue weighted by Gasteiger charge is -2.41. The van der Waals surface area contributed by atoms with Crippen molar-refractivity contribution in [2.45, 2.75) is 6.18 Å². The second-order valence-electron chi connectivity index (χ2n) is 5.98. The summed E-state index contributed by atoms with van der Waals surface area (Å²) in [5.74, 6) is -1.81. The van der Waals surface area contributed by atoms with Crippen molar-refractivity contribution < 1.29 is 17.6 Å². The van der Waals surface area contributed by atoms with Gasteiger partial charge in [-0.3, -0.25) is 4.40 Å². The van der Waals surface area contributed by atoms with Crippen LogP contribution in [0.5, 0.6) is 0 Å². The zero-order chi connectivity index (χ0) is 17.1. The standard InChI is InChI=1S/C17H13F4N3/c1-10(18)11-2-3-15-14(6-11)22-16-7-13(4-5-24(15)16)23-8-12(9-23)17(19,20)21/h2-7,12H,1,8-9H2. The Labute approximate surface area is 134 Å². The number of benzene rings is 1. The van der Waals surface area contributed by atoms with Crippen LogP contribution in [0.2, 0.25) is 0 Å². The van der Waals surface area contributed by atoms with E-state index in [-0.39, 0.29) is 13.1 Å². The maximum Gasteiger partial charge on any atom is 0.395 e. The minimum Gasteiger partial charge on any atom is -0.370 e. The van der Waals surface area contributed by atoms with Gasteiger partial charge in [0.15, 0.2) is 0 Å². The maximum atomic E-state index is 13.2. The summed E-state index contributed by atoms with van der Waals surface area (Å²) in [5, 5.41) is 0. The average Bonchev–Trinajstić information content (AvgIpc) is 2.80. The lowest BCUT2D eigenvalue weighted by molar-refractivity contribution is -0.180. The van der Waals surface area contributed by atoms with E-state index in [2.05, 4.69) is 11.6 Å². The number of halogens is 4. The van der Waals surface area contributed by atoms with Crippen LogP contribution in [0.25, 0.3) is 22.5 Å². The van der Waals surface area contributed by atoms with Crippen LogP contribution in [0.1, 0.15) is 5.56 Å². The van der Waals surface area contributed by atoms with Crippen LogP contribution in [0.4, 0.5) is 23.2 Å². The molecule has 1 aromatic carbocycles. The van der Waals surface area contributed by atoms with Crippen molar-refractivity contribution in [2.75, 3.05) is 18.0 Å². The number of fused-ring (bicyclic) bond motifs is 3. The van der Waals surface area contributed by atoms with Crippen molar-refractivity contribution >= 4 is 28.2 Å². The van der Waals surface area contributed by atoms with Gasteiger partial charge in [0, 0.05) is 36.6 Å². The summed E-state index contributed by atoms with van der Waals surface area (Å²) in [6.07, 6.45) is -2.38. The molecule has 1 saturated heterocycles. The predicted octanol–water partition coefficient (Wildman–Crippen LogP) is 4.43. The molecule has 0 amide bonds. The molecule has 1 aliphatic heterocycles. The minimum absolute atomic E-state index is 0.0360.